The molecule has 1 rings (SSSR count). The summed E-state index contributed by atoms with van der Waals surface area (Å²) in [4.78, 5) is 35.7. The summed E-state index contributed by atoms with van der Waals surface area (Å²) in [6.07, 6.45) is 36.3. The van der Waals surface area contributed by atoms with E-state index in [4.69, 9.17) is 18.5 Å². The number of rotatable bonds is 37. The van der Waals surface area contributed by atoms with Crippen LogP contribution in [0.2, 0.25) is 0 Å². The first kappa shape index (κ1) is 58.0. The second kappa shape index (κ2) is 38.3. The molecule has 8 atom stereocenters. The Labute approximate surface area is 378 Å². The van der Waals surface area contributed by atoms with Crippen LogP contribution in [0.3, 0.4) is 0 Å². The molecule has 0 aliphatic heterocycles. The molecule has 63 heavy (non-hydrogen) atoms. The van der Waals surface area contributed by atoms with Crippen molar-refractivity contribution < 1.29 is 63.1 Å². The highest BCUT2D eigenvalue weighted by Crippen LogP contribution is 2.47. The van der Waals surface area contributed by atoms with Gasteiger partial charge in [-0.1, -0.05) is 144 Å². The van der Waals surface area contributed by atoms with Gasteiger partial charge in [0.05, 0.1) is 6.61 Å². The number of esters is 2. The fraction of sp³-hybridized carbons (Fsp3) is 0.673. The Morgan fingerprint density at radius 3 is 1.49 bits per heavy atom. The van der Waals surface area contributed by atoms with E-state index in [9.17, 15) is 44.6 Å². The number of carbonyl (C=O) groups excluding carboxylic acids is 2. The first-order valence-corrected chi connectivity index (χ1v) is 24.9. The first-order valence-electron chi connectivity index (χ1n) is 23.4. The number of carbonyl (C=O) groups is 2. The quantitative estimate of drug-likeness (QED) is 0.0113. The van der Waals surface area contributed by atoms with Gasteiger partial charge in [-0.2, -0.15) is 0 Å². The highest BCUT2D eigenvalue weighted by molar-refractivity contribution is 7.47. The van der Waals surface area contributed by atoms with E-state index in [1.54, 1.807) is 0 Å². The van der Waals surface area contributed by atoms with E-state index in [0.29, 0.717) is 12.8 Å². The van der Waals surface area contributed by atoms with Gasteiger partial charge in [-0.3, -0.25) is 18.6 Å². The third kappa shape index (κ3) is 30.7. The number of phosphoric ester groups is 1. The van der Waals surface area contributed by atoms with Crippen LogP contribution in [0, 0.1) is 0 Å². The molecule has 1 aliphatic rings. The van der Waals surface area contributed by atoms with Crippen LogP contribution in [0.1, 0.15) is 155 Å². The number of allylic oxidation sites excluding steroid dienone is 14. The van der Waals surface area contributed by atoms with Crippen LogP contribution in [0.15, 0.2) is 85.1 Å². The zero-order chi connectivity index (χ0) is 46.4. The van der Waals surface area contributed by atoms with Crippen molar-refractivity contribution in [3.63, 3.8) is 0 Å². The Balaban J connectivity index is 2.50. The molecule has 1 fully saturated rings. The molecule has 0 spiro atoms. The third-order valence-corrected chi connectivity index (χ3v) is 11.2. The average molecular weight is 909 g/mol. The fourth-order valence-electron chi connectivity index (χ4n) is 6.48. The number of unbranched alkanes of at least 4 members (excludes halogenated alkanes) is 12. The third-order valence-electron chi connectivity index (χ3n) is 10.2. The molecule has 0 radical (unpaired) electrons. The number of aliphatic hydroxyl groups is 5. The summed E-state index contributed by atoms with van der Waals surface area (Å²) in [5.74, 6) is -1.16. The molecule has 0 bridgehead atoms. The standard InChI is InChI=1S/C49H81O13P/c1-3-5-7-9-11-13-15-17-19-20-21-22-24-26-28-30-32-34-36-38-43(51)61-41(40-60-63(57,58)62-49-47(55)45(53)44(52)46(54)48(49)56)39-59-42(50)37-35-33-31-29-27-25-23-18-16-14-12-10-8-6-4-2/h5,7,11,13-14,16-19,21-23,26,28,41,44-49,52-56H,3-4,6,8-10,12,15,20,24-25,27,29-40H2,1-2H3,(H,57,58)/b7-5+,13-11+,16-14+,19-17+,22-21+,23-18+,28-26+/t41-,44?,45-,46?,47?,48?,49?/m1/s1. The van der Waals surface area contributed by atoms with E-state index in [0.717, 1.165) is 89.9 Å². The summed E-state index contributed by atoms with van der Waals surface area (Å²) in [6, 6.07) is 0. The van der Waals surface area contributed by atoms with E-state index in [1.165, 1.54) is 25.7 Å². The number of aliphatic hydroxyl groups excluding tert-OH is 5. The van der Waals surface area contributed by atoms with Gasteiger partial charge in [-0.05, 0) is 83.5 Å². The molecule has 6 unspecified atom stereocenters. The lowest BCUT2D eigenvalue weighted by molar-refractivity contribution is -0.220. The van der Waals surface area contributed by atoms with Crippen LogP contribution in [0.25, 0.3) is 0 Å². The monoisotopic (exact) mass is 909 g/mol. The van der Waals surface area contributed by atoms with Crippen LogP contribution in [-0.4, -0.2) is 98.3 Å². The van der Waals surface area contributed by atoms with E-state index in [2.05, 4.69) is 98.9 Å². The van der Waals surface area contributed by atoms with Crippen molar-refractivity contribution in [3.05, 3.63) is 85.1 Å². The molecule has 0 aromatic rings. The molecule has 0 heterocycles. The summed E-state index contributed by atoms with van der Waals surface area (Å²) in [6.45, 7) is 3.11. The lowest BCUT2D eigenvalue weighted by atomic mass is 9.85. The van der Waals surface area contributed by atoms with Crippen LogP contribution in [-0.2, 0) is 32.7 Å². The Morgan fingerprint density at radius 1 is 0.524 bits per heavy atom. The van der Waals surface area contributed by atoms with E-state index in [-0.39, 0.29) is 12.8 Å². The van der Waals surface area contributed by atoms with Crippen LogP contribution < -0.4 is 0 Å². The molecule has 14 heteroatoms. The Kier molecular flexibility index (Phi) is 35.3. The Bertz CT molecular complexity index is 1420. The van der Waals surface area contributed by atoms with Gasteiger partial charge in [0.25, 0.3) is 0 Å². The molecule has 0 saturated heterocycles. The minimum atomic E-state index is -5.14. The maximum atomic E-state index is 12.8. The molecule has 0 amide bonds. The molecular formula is C49H81O13P. The largest absolute Gasteiger partial charge is 0.472 e. The summed E-state index contributed by atoms with van der Waals surface area (Å²) in [5, 5.41) is 50.2. The molecule has 1 saturated carbocycles. The SMILES string of the molecule is CC/C=C/C/C=C/C/C=C/C/C=C/C/C=C/CCCCCC(=O)O[C@H](COC(=O)CCCCCCC/C=C/C=C/CCCCCC)COP(=O)(O)OC1C(O)C(O)C(O)[C@@H](O)C1O. The zero-order valence-corrected chi connectivity index (χ0v) is 39.0. The summed E-state index contributed by atoms with van der Waals surface area (Å²) >= 11 is 0. The number of hydrogen-bond donors (Lipinski definition) is 6. The van der Waals surface area contributed by atoms with Gasteiger partial charge in [0.2, 0.25) is 0 Å². The predicted molar refractivity (Wildman–Crippen MR) is 248 cm³/mol. The molecule has 6 N–H and O–H groups in total. The van der Waals surface area contributed by atoms with Gasteiger partial charge in [-0.25, -0.2) is 4.57 Å². The minimum Gasteiger partial charge on any atom is -0.462 e. The number of phosphoric acid groups is 1. The van der Waals surface area contributed by atoms with E-state index in [1.807, 2.05) is 0 Å². The number of hydrogen-bond acceptors (Lipinski definition) is 12. The first-order chi connectivity index (χ1) is 30.4. The maximum absolute atomic E-state index is 12.8. The molecule has 360 valence electrons. The van der Waals surface area contributed by atoms with Crippen molar-refractivity contribution in [1.29, 1.82) is 0 Å². The molecular weight excluding hydrogens is 828 g/mol. The normalized spacial score (nSPS) is 22.5. The van der Waals surface area contributed by atoms with Gasteiger partial charge >= 0.3 is 19.8 Å². The minimum absolute atomic E-state index is 0.0492. The van der Waals surface area contributed by atoms with Gasteiger partial charge in [-0.15, -0.1) is 0 Å². The van der Waals surface area contributed by atoms with Gasteiger partial charge < -0.3 is 39.9 Å². The van der Waals surface area contributed by atoms with E-state index < -0.39 is 75.7 Å². The van der Waals surface area contributed by atoms with E-state index >= 15 is 0 Å². The van der Waals surface area contributed by atoms with Crippen molar-refractivity contribution in [2.45, 2.75) is 198 Å². The topological polar surface area (TPSA) is 210 Å². The highest BCUT2D eigenvalue weighted by Gasteiger charge is 2.51. The van der Waals surface area contributed by atoms with Crippen LogP contribution in [0.5, 0.6) is 0 Å². The summed E-state index contributed by atoms with van der Waals surface area (Å²) in [7, 11) is -5.14. The van der Waals surface area contributed by atoms with Gasteiger partial charge in [0, 0.05) is 12.8 Å². The second-order valence-corrected chi connectivity index (χ2v) is 17.3. The Hall–Kier alpha value is -2.97. The lowest BCUT2D eigenvalue weighted by Gasteiger charge is -2.41. The zero-order valence-electron chi connectivity index (χ0n) is 38.1. The van der Waals surface area contributed by atoms with Gasteiger partial charge in [0.15, 0.2) is 6.10 Å². The predicted octanol–water partition coefficient (Wildman–Crippen LogP) is 9.28. The highest BCUT2D eigenvalue weighted by atomic mass is 31.2. The van der Waals surface area contributed by atoms with Gasteiger partial charge in [0.1, 0.15) is 43.2 Å². The summed E-state index contributed by atoms with van der Waals surface area (Å²) in [5.41, 5.74) is 0. The van der Waals surface area contributed by atoms with Crippen molar-refractivity contribution in [1.82, 2.24) is 0 Å². The lowest BCUT2D eigenvalue weighted by Crippen LogP contribution is -2.64. The van der Waals surface area contributed by atoms with Crippen molar-refractivity contribution >= 4 is 19.8 Å². The fourth-order valence-corrected chi connectivity index (χ4v) is 7.45. The molecule has 1 aliphatic carbocycles. The smallest absolute Gasteiger partial charge is 0.462 e. The second-order valence-electron chi connectivity index (χ2n) is 15.9. The van der Waals surface area contributed by atoms with Crippen LogP contribution >= 0.6 is 7.82 Å². The summed E-state index contributed by atoms with van der Waals surface area (Å²) < 4.78 is 33.5. The van der Waals surface area contributed by atoms with Crippen molar-refractivity contribution in [2.75, 3.05) is 13.2 Å². The van der Waals surface area contributed by atoms with Crippen molar-refractivity contribution in [3.8, 4) is 0 Å². The number of ether oxygens (including phenoxy) is 2. The van der Waals surface area contributed by atoms with Crippen molar-refractivity contribution in [2.24, 2.45) is 0 Å². The average Bonchev–Trinajstić information content (AvgIpc) is 3.26. The maximum Gasteiger partial charge on any atom is 0.472 e. The molecule has 0 aromatic heterocycles. The molecule has 13 nitrogen and oxygen atoms in total. The Morgan fingerprint density at radius 2 is 0.952 bits per heavy atom. The molecule has 0 aromatic carbocycles. The van der Waals surface area contributed by atoms with Crippen LogP contribution in [0.4, 0.5) is 0 Å².